The quantitative estimate of drug-likeness (QED) is 0.744. The molecule has 1 aliphatic heterocycles. The van der Waals surface area contributed by atoms with Crippen molar-refractivity contribution in [1.82, 2.24) is 0 Å². The summed E-state index contributed by atoms with van der Waals surface area (Å²) in [7, 11) is 0. The second-order valence-electron chi connectivity index (χ2n) is 3.19. The second kappa shape index (κ2) is 3.29. The van der Waals surface area contributed by atoms with Crippen LogP contribution in [0.4, 0.5) is 4.39 Å². The van der Waals surface area contributed by atoms with Crippen LogP contribution in [-0.4, -0.2) is 17.7 Å². The first-order valence-corrected chi connectivity index (χ1v) is 4.34. The number of carbonyl (C=O) groups is 1. The monoisotopic (exact) mass is 196 g/mol. The molecule has 1 heterocycles. The topological polar surface area (TPSA) is 46.5 Å². The molecule has 1 aromatic carbocycles. The molecule has 1 aliphatic rings. The molecule has 0 aliphatic carbocycles. The van der Waals surface area contributed by atoms with Gasteiger partial charge >= 0.3 is 5.97 Å². The molecule has 14 heavy (non-hydrogen) atoms. The van der Waals surface area contributed by atoms with Gasteiger partial charge in [0.15, 0.2) is 11.6 Å². The summed E-state index contributed by atoms with van der Waals surface area (Å²) in [5.41, 5.74) is 0.434. The molecule has 0 aromatic heterocycles. The van der Waals surface area contributed by atoms with E-state index in [1.807, 2.05) is 0 Å². The van der Waals surface area contributed by atoms with Gasteiger partial charge < -0.3 is 9.84 Å². The number of benzene rings is 1. The van der Waals surface area contributed by atoms with E-state index >= 15 is 0 Å². The highest BCUT2D eigenvalue weighted by Crippen LogP contribution is 2.35. The minimum absolute atomic E-state index is 0.0890. The van der Waals surface area contributed by atoms with E-state index in [0.29, 0.717) is 12.0 Å². The second-order valence-corrected chi connectivity index (χ2v) is 3.19. The molecule has 1 aromatic rings. The number of halogens is 1. The molecule has 1 atom stereocenters. The first-order valence-electron chi connectivity index (χ1n) is 4.34. The van der Waals surface area contributed by atoms with Crippen molar-refractivity contribution < 1.29 is 19.0 Å². The fourth-order valence-electron chi connectivity index (χ4n) is 1.64. The predicted octanol–water partition coefficient (Wildman–Crippen LogP) is 1.78. The molecule has 0 bridgehead atoms. The first-order chi connectivity index (χ1) is 6.70. The summed E-state index contributed by atoms with van der Waals surface area (Å²) in [6.45, 7) is 0.255. The Labute approximate surface area is 80.1 Å². The Bertz CT molecular complexity index is 376. The van der Waals surface area contributed by atoms with Crippen LogP contribution in [0.2, 0.25) is 0 Å². The van der Waals surface area contributed by atoms with Crippen molar-refractivity contribution in [3.05, 3.63) is 29.6 Å². The van der Waals surface area contributed by atoms with Gasteiger partial charge in [0.1, 0.15) is 0 Å². The van der Waals surface area contributed by atoms with E-state index < -0.39 is 17.7 Å². The molecule has 4 heteroatoms. The zero-order chi connectivity index (χ0) is 10.1. The van der Waals surface area contributed by atoms with Gasteiger partial charge in [0.2, 0.25) is 0 Å². The lowest BCUT2D eigenvalue weighted by atomic mass is 9.93. The first kappa shape index (κ1) is 8.99. The molecule has 1 unspecified atom stereocenters. The van der Waals surface area contributed by atoms with Gasteiger partial charge in [0.05, 0.1) is 12.5 Å². The number of para-hydroxylation sites is 1. The molecule has 0 fully saturated rings. The van der Waals surface area contributed by atoms with Crippen LogP contribution in [0.25, 0.3) is 0 Å². The molecule has 74 valence electrons. The maximum Gasteiger partial charge on any atom is 0.311 e. The van der Waals surface area contributed by atoms with Gasteiger partial charge in [-0.1, -0.05) is 12.1 Å². The molecular weight excluding hydrogens is 187 g/mol. The molecule has 0 saturated carbocycles. The highest BCUT2D eigenvalue weighted by atomic mass is 19.1. The summed E-state index contributed by atoms with van der Waals surface area (Å²) >= 11 is 0. The Morgan fingerprint density at radius 1 is 1.57 bits per heavy atom. The lowest BCUT2D eigenvalue weighted by Gasteiger charge is -2.22. The van der Waals surface area contributed by atoms with E-state index in [2.05, 4.69) is 0 Å². The summed E-state index contributed by atoms with van der Waals surface area (Å²) in [5, 5.41) is 8.90. The predicted molar refractivity (Wildman–Crippen MR) is 46.9 cm³/mol. The van der Waals surface area contributed by atoms with E-state index in [-0.39, 0.29) is 12.4 Å². The zero-order valence-electron chi connectivity index (χ0n) is 7.37. The van der Waals surface area contributed by atoms with Crippen molar-refractivity contribution in [3.63, 3.8) is 0 Å². The highest BCUT2D eigenvalue weighted by molar-refractivity contribution is 5.77. The van der Waals surface area contributed by atoms with E-state index in [1.54, 1.807) is 6.07 Å². The number of carboxylic acid groups (broad SMARTS) is 1. The van der Waals surface area contributed by atoms with Crippen molar-refractivity contribution in [1.29, 1.82) is 0 Å². The average Bonchev–Trinajstić information content (AvgIpc) is 2.17. The molecule has 1 N–H and O–H groups in total. The van der Waals surface area contributed by atoms with E-state index in [0.717, 1.165) is 0 Å². The Kier molecular flexibility index (Phi) is 2.11. The summed E-state index contributed by atoms with van der Waals surface area (Å²) in [6, 6.07) is 4.36. The van der Waals surface area contributed by atoms with Crippen LogP contribution >= 0.6 is 0 Å². The van der Waals surface area contributed by atoms with Crippen LogP contribution < -0.4 is 4.74 Å². The minimum Gasteiger partial charge on any atom is -0.490 e. The molecular formula is C10H9FO3. The van der Waals surface area contributed by atoms with Crippen LogP contribution in [0.5, 0.6) is 5.75 Å². The highest BCUT2D eigenvalue weighted by Gasteiger charge is 2.28. The average molecular weight is 196 g/mol. The van der Waals surface area contributed by atoms with Crippen molar-refractivity contribution in [2.24, 2.45) is 0 Å². The third-order valence-corrected chi connectivity index (χ3v) is 2.32. The minimum atomic E-state index is -0.930. The van der Waals surface area contributed by atoms with Gasteiger partial charge in [-0.25, -0.2) is 4.39 Å². The van der Waals surface area contributed by atoms with Gasteiger partial charge in [-0.3, -0.25) is 4.79 Å². The number of aliphatic carboxylic acids is 1. The summed E-state index contributed by atoms with van der Waals surface area (Å²) < 4.78 is 18.3. The van der Waals surface area contributed by atoms with Crippen LogP contribution in [0.3, 0.4) is 0 Å². The number of ether oxygens (including phenoxy) is 1. The molecule has 0 spiro atoms. The van der Waals surface area contributed by atoms with Crippen molar-refractivity contribution in [2.75, 3.05) is 6.61 Å². The smallest absolute Gasteiger partial charge is 0.311 e. The van der Waals surface area contributed by atoms with Crippen molar-refractivity contribution in [2.45, 2.75) is 12.3 Å². The third kappa shape index (κ3) is 1.32. The Hall–Kier alpha value is -1.58. The standard InChI is InChI=1S/C10H9FO3/c11-8-3-1-2-6-7(10(12)13)4-5-14-9(6)8/h1-3,7H,4-5H2,(H,12,13). The van der Waals surface area contributed by atoms with Crippen LogP contribution in [0.15, 0.2) is 18.2 Å². The number of carboxylic acids is 1. The number of fused-ring (bicyclic) bond motifs is 1. The largest absolute Gasteiger partial charge is 0.490 e. The van der Waals surface area contributed by atoms with Gasteiger partial charge in [-0.05, 0) is 12.5 Å². The third-order valence-electron chi connectivity index (χ3n) is 2.32. The molecule has 0 saturated heterocycles. The van der Waals surface area contributed by atoms with Gasteiger partial charge in [-0.2, -0.15) is 0 Å². The van der Waals surface area contributed by atoms with E-state index in [1.165, 1.54) is 12.1 Å². The summed E-state index contributed by atoms with van der Waals surface area (Å²) in [5.74, 6) is -1.98. The normalized spacial score (nSPS) is 19.6. The van der Waals surface area contributed by atoms with E-state index in [4.69, 9.17) is 9.84 Å². The van der Waals surface area contributed by atoms with E-state index in [9.17, 15) is 9.18 Å². The number of hydrogen-bond acceptors (Lipinski definition) is 2. The Morgan fingerprint density at radius 2 is 2.36 bits per heavy atom. The fourth-order valence-corrected chi connectivity index (χ4v) is 1.64. The SMILES string of the molecule is O=C(O)C1CCOc2c(F)cccc21. The van der Waals surface area contributed by atoms with Crippen molar-refractivity contribution in [3.8, 4) is 5.75 Å². The molecule has 3 nitrogen and oxygen atoms in total. The van der Waals surface area contributed by atoms with Crippen LogP contribution in [0.1, 0.15) is 17.9 Å². The zero-order valence-corrected chi connectivity index (χ0v) is 7.37. The lowest BCUT2D eigenvalue weighted by molar-refractivity contribution is -0.139. The summed E-state index contributed by atoms with van der Waals surface area (Å²) in [4.78, 5) is 10.9. The molecule has 2 rings (SSSR count). The van der Waals surface area contributed by atoms with Gasteiger partial charge in [0, 0.05) is 5.56 Å². The maximum absolute atomic E-state index is 13.2. The Balaban J connectivity index is 2.49. The van der Waals surface area contributed by atoms with Crippen LogP contribution in [0, 0.1) is 5.82 Å². The molecule has 0 amide bonds. The summed E-state index contributed by atoms with van der Waals surface area (Å²) in [6.07, 6.45) is 0.395. The maximum atomic E-state index is 13.2. The van der Waals surface area contributed by atoms with Crippen LogP contribution in [-0.2, 0) is 4.79 Å². The molecule has 0 radical (unpaired) electrons. The number of rotatable bonds is 1. The number of hydrogen-bond donors (Lipinski definition) is 1. The Morgan fingerprint density at radius 3 is 3.07 bits per heavy atom. The lowest BCUT2D eigenvalue weighted by Crippen LogP contribution is -2.21. The van der Waals surface area contributed by atoms with Crippen molar-refractivity contribution >= 4 is 5.97 Å². The van der Waals surface area contributed by atoms with Gasteiger partial charge in [-0.15, -0.1) is 0 Å². The fraction of sp³-hybridized carbons (Fsp3) is 0.300. The van der Waals surface area contributed by atoms with Gasteiger partial charge in [0.25, 0.3) is 0 Å².